The SMILES string of the molecule is CC(=O)OCCSSCCBr.CC(=O)OCCSSCCO. The second kappa shape index (κ2) is 21.8. The Morgan fingerprint density at radius 2 is 1.27 bits per heavy atom. The number of halogens is 1. The van der Waals surface area contributed by atoms with E-state index in [9.17, 15) is 9.59 Å². The van der Waals surface area contributed by atoms with Crippen molar-refractivity contribution in [2.45, 2.75) is 13.8 Å². The fourth-order valence-corrected chi connectivity index (χ4v) is 5.08. The first-order valence-corrected chi connectivity index (χ1v) is 12.6. The van der Waals surface area contributed by atoms with E-state index in [1.165, 1.54) is 13.8 Å². The summed E-state index contributed by atoms with van der Waals surface area (Å²) in [4.78, 5) is 20.5. The summed E-state index contributed by atoms with van der Waals surface area (Å²) < 4.78 is 9.42. The van der Waals surface area contributed by atoms with Crippen molar-refractivity contribution in [2.75, 3.05) is 48.2 Å². The molecule has 0 aromatic heterocycles. The van der Waals surface area contributed by atoms with Gasteiger partial charge in [0.1, 0.15) is 13.2 Å². The van der Waals surface area contributed by atoms with Gasteiger partial charge in [0.25, 0.3) is 0 Å². The molecule has 22 heavy (non-hydrogen) atoms. The molecule has 0 aliphatic carbocycles. The smallest absolute Gasteiger partial charge is 0.302 e. The van der Waals surface area contributed by atoms with E-state index < -0.39 is 0 Å². The van der Waals surface area contributed by atoms with Crippen LogP contribution in [0.3, 0.4) is 0 Å². The van der Waals surface area contributed by atoms with Crippen LogP contribution in [-0.2, 0) is 19.1 Å². The number of rotatable bonds is 12. The molecule has 132 valence electrons. The lowest BCUT2D eigenvalue weighted by molar-refractivity contribution is -0.141. The third kappa shape index (κ3) is 28.9. The second-order valence-electron chi connectivity index (χ2n) is 3.38. The molecule has 0 rings (SSSR count). The quantitative estimate of drug-likeness (QED) is 0.207. The number of carbonyl (C=O) groups is 2. The highest BCUT2D eigenvalue weighted by Crippen LogP contribution is 2.20. The zero-order chi connectivity index (χ0) is 17.1. The maximum atomic E-state index is 10.3. The average Bonchev–Trinajstić information content (AvgIpc) is 2.46. The van der Waals surface area contributed by atoms with E-state index >= 15 is 0 Å². The molecule has 0 saturated carbocycles. The highest BCUT2D eigenvalue weighted by atomic mass is 79.9. The third-order valence-electron chi connectivity index (χ3n) is 1.45. The van der Waals surface area contributed by atoms with Gasteiger partial charge in [-0.3, -0.25) is 9.59 Å². The molecule has 0 spiro atoms. The van der Waals surface area contributed by atoms with E-state index in [1.807, 2.05) is 0 Å². The fraction of sp³-hybridized carbons (Fsp3) is 0.833. The van der Waals surface area contributed by atoms with Crippen LogP contribution in [0, 0.1) is 0 Å². The maximum absolute atomic E-state index is 10.3. The van der Waals surface area contributed by atoms with Crippen LogP contribution in [-0.4, -0.2) is 65.2 Å². The van der Waals surface area contributed by atoms with Crippen LogP contribution < -0.4 is 0 Å². The van der Waals surface area contributed by atoms with Gasteiger partial charge in [-0.15, -0.1) is 0 Å². The number of alkyl halides is 1. The Morgan fingerprint density at radius 1 is 0.864 bits per heavy atom. The van der Waals surface area contributed by atoms with Crippen LogP contribution in [0.15, 0.2) is 0 Å². The van der Waals surface area contributed by atoms with Crippen LogP contribution >= 0.6 is 59.1 Å². The van der Waals surface area contributed by atoms with E-state index in [0.717, 1.165) is 28.3 Å². The zero-order valence-electron chi connectivity index (χ0n) is 12.7. The lowest BCUT2D eigenvalue weighted by Gasteiger charge is -1.99. The van der Waals surface area contributed by atoms with Gasteiger partial charge < -0.3 is 14.6 Å². The van der Waals surface area contributed by atoms with Crippen LogP contribution in [0.1, 0.15) is 13.8 Å². The Labute approximate surface area is 156 Å². The molecule has 0 bridgehead atoms. The molecule has 0 amide bonds. The Bertz CT molecular complexity index is 246. The summed E-state index contributed by atoms with van der Waals surface area (Å²) in [5.41, 5.74) is 0. The molecule has 0 heterocycles. The van der Waals surface area contributed by atoms with Crippen molar-refractivity contribution < 1.29 is 24.2 Å². The van der Waals surface area contributed by atoms with Crippen LogP contribution in [0.4, 0.5) is 0 Å². The molecular formula is C12H23BrO5S4. The Kier molecular flexibility index (Phi) is 24.8. The van der Waals surface area contributed by atoms with Crippen LogP contribution in [0.5, 0.6) is 0 Å². The topological polar surface area (TPSA) is 72.8 Å². The maximum Gasteiger partial charge on any atom is 0.302 e. The van der Waals surface area contributed by atoms with Gasteiger partial charge in [-0.05, 0) is 0 Å². The zero-order valence-corrected chi connectivity index (χ0v) is 17.6. The molecule has 0 aromatic carbocycles. The Balaban J connectivity index is 0. The summed E-state index contributed by atoms with van der Waals surface area (Å²) in [6.45, 7) is 4.00. The van der Waals surface area contributed by atoms with E-state index in [0.29, 0.717) is 13.2 Å². The minimum atomic E-state index is -0.238. The number of ether oxygens (including phenoxy) is 2. The van der Waals surface area contributed by atoms with Crippen molar-refractivity contribution in [1.29, 1.82) is 0 Å². The molecule has 0 saturated heterocycles. The van der Waals surface area contributed by atoms with Gasteiger partial charge in [0, 0.05) is 42.2 Å². The van der Waals surface area contributed by atoms with Crippen LogP contribution in [0.25, 0.3) is 0 Å². The summed E-state index contributed by atoms with van der Waals surface area (Å²) in [7, 11) is 6.69. The normalized spacial score (nSPS) is 9.64. The van der Waals surface area contributed by atoms with Gasteiger partial charge in [-0.2, -0.15) is 0 Å². The van der Waals surface area contributed by atoms with Gasteiger partial charge in [0.05, 0.1) is 6.61 Å². The predicted octanol–water partition coefficient (Wildman–Crippen LogP) is 3.25. The highest BCUT2D eigenvalue weighted by Gasteiger charge is 1.93. The van der Waals surface area contributed by atoms with Gasteiger partial charge in [-0.1, -0.05) is 59.1 Å². The Morgan fingerprint density at radius 3 is 1.64 bits per heavy atom. The van der Waals surface area contributed by atoms with Crippen molar-refractivity contribution in [2.24, 2.45) is 0 Å². The fourth-order valence-electron chi connectivity index (χ4n) is 0.743. The average molecular weight is 455 g/mol. The number of esters is 2. The summed E-state index contributed by atoms with van der Waals surface area (Å²) in [5.74, 6) is 3.03. The summed E-state index contributed by atoms with van der Waals surface area (Å²) in [6.07, 6.45) is 0. The first-order valence-electron chi connectivity index (χ1n) is 6.47. The van der Waals surface area contributed by atoms with Crippen molar-refractivity contribution >= 4 is 71.0 Å². The van der Waals surface area contributed by atoms with E-state index in [4.69, 9.17) is 9.84 Å². The molecule has 0 radical (unpaired) electrons. The standard InChI is InChI=1S/C6H11BrO2S2.C6H12O3S2/c2*1-6(8)9-3-5-11-10-4-2-7/h2-5H2,1H3;7H,2-5H2,1H3. The van der Waals surface area contributed by atoms with E-state index in [1.54, 1.807) is 43.2 Å². The predicted molar refractivity (Wildman–Crippen MR) is 104 cm³/mol. The lowest BCUT2D eigenvalue weighted by Crippen LogP contribution is -2.01. The summed E-state index contributed by atoms with van der Waals surface area (Å²) >= 11 is 3.32. The summed E-state index contributed by atoms with van der Waals surface area (Å²) in [6, 6.07) is 0. The molecule has 0 aliphatic rings. The number of hydrogen-bond acceptors (Lipinski definition) is 9. The first kappa shape index (κ1) is 25.0. The summed E-state index contributed by atoms with van der Waals surface area (Å²) in [5, 5.41) is 9.40. The Hall–Kier alpha value is 0.780. The van der Waals surface area contributed by atoms with Crippen molar-refractivity contribution in [3.8, 4) is 0 Å². The number of aliphatic hydroxyl groups excluding tert-OH is 1. The lowest BCUT2D eigenvalue weighted by atomic mass is 10.8. The largest absolute Gasteiger partial charge is 0.465 e. The molecule has 10 heteroatoms. The molecule has 0 atom stereocenters. The first-order chi connectivity index (χ1) is 10.5. The van der Waals surface area contributed by atoms with Crippen molar-refractivity contribution in [1.82, 2.24) is 0 Å². The monoisotopic (exact) mass is 454 g/mol. The molecule has 5 nitrogen and oxygen atoms in total. The van der Waals surface area contributed by atoms with Gasteiger partial charge >= 0.3 is 11.9 Å². The van der Waals surface area contributed by atoms with Crippen molar-refractivity contribution in [3.05, 3.63) is 0 Å². The molecular weight excluding hydrogens is 432 g/mol. The third-order valence-corrected chi connectivity index (χ3v) is 7.09. The van der Waals surface area contributed by atoms with Crippen LogP contribution in [0.2, 0.25) is 0 Å². The number of carbonyl (C=O) groups excluding carboxylic acids is 2. The van der Waals surface area contributed by atoms with Gasteiger partial charge in [0.15, 0.2) is 0 Å². The highest BCUT2D eigenvalue weighted by molar-refractivity contribution is 9.09. The van der Waals surface area contributed by atoms with Gasteiger partial charge in [0.2, 0.25) is 0 Å². The number of aliphatic hydroxyl groups is 1. The molecule has 0 fully saturated rings. The molecule has 0 aromatic rings. The molecule has 0 aliphatic heterocycles. The minimum absolute atomic E-state index is 0.198. The van der Waals surface area contributed by atoms with E-state index in [-0.39, 0.29) is 18.5 Å². The minimum Gasteiger partial charge on any atom is -0.465 e. The molecule has 0 unspecified atom stereocenters. The van der Waals surface area contributed by atoms with Crippen molar-refractivity contribution in [3.63, 3.8) is 0 Å². The van der Waals surface area contributed by atoms with E-state index in [2.05, 4.69) is 20.7 Å². The second-order valence-corrected chi connectivity index (χ2v) is 9.58. The number of hydrogen-bond donors (Lipinski definition) is 1. The van der Waals surface area contributed by atoms with Gasteiger partial charge in [-0.25, -0.2) is 0 Å². The molecule has 1 N–H and O–H groups in total.